The van der Waals surface area contributed by atoms with Crippen LogP contribution in [0.5, 0.6) is 5.75 Å². The van der Waals surface area contributed by atoms with Crippen LogP contribution in [0.2, 0.25) is 0 Å². The van der Waals surface area contributed by atoms with Crippen molar-refractivity contribution in [1.29, 1.82) is 0 Å². The molecule has 0 spiro atoms. The quantitative estimate of drug-likeness (QED) is 0.764. The number of Topliss-reactive ketones (excluding diaryl/α,β-unsaturated/α-hetero) is 1. The lowest BCUT2D eigenvalue weighted by atomic mass is 9.94. The molecule has 0 amide bonds. The standard InChI is InChI=1S/C13H14O2/c1-3-4-12(9-10(2)14)11-5-7-13(15)8-6-11/h5-8,12,15H,9H2,1-2H3. The second-order valence-electron chi connectivity index (χ2n) is 3.44. The van der Waals surface area contributed by atoms with Crippen molar-refractivity contribution in [1.82, 2.24) is 0 Å². The van der Waals surface area contributed by atoms with Gasteiger partial charge in [0.25, 0.3) is 0 Å². The Bertz CT molecular complexity index is 393. The van der Waals surface area contributed by atoms with Gasteiger partial charge in [0.1, 0.15) is 11.5 Å². The van der Waals surface area contributed by atoms with Crippen LogP contribution in [0.4, 0.5) is 0 Å². The highest BCUT2D eigenvalue weighted by molar-refractivity contribution is 5.77. The number of hydrogen-bond acceptors (Lipinski definition) is 2. The van der Waals surface area contributed by atoms with Gasteiger partial charge in [-0.15, -0.1) is 5.92 Å². The second kappa shape index (κ2) is 5.21. The van der Waals surface area contributed by atoms with Crippen LogP contribution in [0.25, 0.3) is 0 Å². The Morgan fingerprint density at radius 1 is 1.40 bits per heavy atom. The lowest BCUT2D eigenvalue weighted by Gasteiger charge is -2.08. The van der Waals surface area contributed by atoms with E-state index in [1.807, 2.05) is 0 Å². The molecule has 0 aliphatic heterocycles. The fraction of sp³-hybridized carbons (Fsp3) is 0.308. The van der Waals surface area contributed by atoms with Gasteiger partial charge >= 0.3 is 0 Å². The molecule has 0 saturated heterocycles. The molecule has 0 heterocycles. The highest BCUT2D eigenvalue weighted by atomic mass is 16.3. The first-order valence-electron chi connectivity index (χ1n) is 4.84. The minimum atomic E-state index is -0.0619. The van der Waals surface area contributed by atoms with Crippen molar-refractivity contribution < 1.29 is 9.90 Å². The molecule has 0 fully saturated rings. The molecule has 1 aromatic carbocycles. The van der Waals surface area contributed by atoms with E-state index in [0.29, 0.717) is 6.42 Å². The number of hydrogen-bond donors (Lipinski definition) is 1. The molecule has 1 atom stereocenters. The maximum Gasteiger partial charge on any atom is 0.131 e. The Morgan fingerprint density at radius 2 is 2.00 bits per heavy atom. The number of phenols is 1. The van der Waals surface area contributed by atoms with Crippen molar-refractivity contribution in [2.45, 2.75) is 26.2 Å². The summed E-state index contributed by atoms with van der Waals surface area (Å²) in [5.41, 5.74) is 0.970. The van der Waals surface area contributed by atoms with Gasteiger partial charge in [0.2, 0.25) is 0 Å². The van der Waals surface area contributed by atoms with E-state index < -0.39 is 0 Å². The predicted octanol–water partition coefficient (Wildman–Crippen LogP) is 2.48. The number of benzene rings is 1. The third-order valence-corrected chi connectivity index (χ3v) is 2.11. The van der Waals surface area contributed by atoms with Gasteiger partial charge in [0.05, 0.1) is 5.92 Å². The molecule has 0 bridgehead atoms. The van der Waals surface area contributed by atoms with Gasteiger partial charge in [0, 0.05) is 6.42 Å². The largest absolute Gasteiger partial charge is 0.508 e. The number of rotatable bonds is 3. The van der Waals surface area contributed by atoms with Crippen LogP contribution in [-0.4, -0.2) is 10.9 Å². The lowest BCUT2D eigenvalue weighted by Crippen LogP contribution is -2.01. The van der Waals surface area contributed by atoms with Crippen LogP contribution in [0.1, 0.15) is 31.7 Å². The van der Waals surface area contributed by atoms with Gasteiger partial charge in [-0.1, -0.05) is 18.1 Å². The van der Waals surface area contributed by atoms with Crippen molar-refractivity contribution in [2.75, 3.05) is 0 Å². The summed E-state index contributed by atoms with van der Waals surface area (Å²) in [5, 5.41) is 9.15. The molecule has 1 rings (SSSR count). The van der Waals surface area contributed by atoms with Crippen LogP contribution < -0.4 is 0 Å². The molecule has 0 aliphatic rings. The number of carbonyl (C=O) groups excluding carboxylic acids is 1. The second-order valence-corrected chi connectivity index (χ2v) is 3.44. The highest BCUT2D eigenvalue weighted by Gasteiger charge is 2.10. The number of phenolic OH excluding ortho intramolecular Hbond substituents is 1. The first kappa shape index (κ1) is 11.3. The molecule has 0 saturated carbocycles. The molecule has 0 radical (unpaired) electrons. The Balaban J connectivity index is 2.92. The minimum Gasteiger partial charge on any atom is -0.508 e. The maximum atomic E-state index is 11.1. The van der Waals surface area contributed by atoms with E-state index in [0.717, 1.165) is 5.56 Å². The zero-order valence-electron chi connectivity index (χ0n) is 8.95. The highest BCUT2D eigenvalue weighted by Crippen LogP contribution is 2.21. The number of carbonyl (C=O) groups is 1. The molecule has 1 unspecified atom stereocenters. The van der Waals surface area contributed by atoms with Gasteiger partial charge < -0.3 is 5.11 Å². The van der Waals surface area contributed by atoms with Crippen LogP contribution in [0.15, 0.2) is 24.3 Å². The van der Waals surface area contributed by atoms with E-state index in [1.54, 1.807) is 38.1 Å². The molecule has 2 heteroatoms. The SMILES string of the molecule is CC#CC(CC(C)=O)c1ccc(O)cc1. The number of ketones is 1. The van der Waals surface area contributed by atoms with Crippen molar-refractivity contribution in [2.24, 2.45) is 0 Å². The molecule has 0 aliphatic carbocycles. The van der Waals surface area contributed by atoms with Crippen molar-refractivity contribution in [3.05, 3.63) is 29.8 Å². The summed E-state index contributed by atoms with van der Waals surface area (Å²) in [4.78, 5) is 11.1. The average Bonchev–Trinajstić information content (AvgIpc) is 2.17. The van der Waals surface area contributed by atoms with E-state index in [4.69, 9.17) is 5.11 Å². The smallest absolute Gasteiger partial charge is 0.131 e. The van der Waals surface area contributed by atoms with Crippen LogP contribution in [0.3, 0.4) is 0 Å². The first-order chi connectivity index (χ1) is 7.13. The molecular weight excluding hydrogens is 188 g/mol. The zero-order valence-corrected chi connectivity index (χ0v) is 8.95. The average molecular weight is 202 g/mol. The van der Waals surface area contributed by atoms with Crippen molar-refractivity contribution in [3.8, 4) is 17.6 Å². The minimum absolute atomic E-state index is 0.0619. The summed E-state index contributed by atoms with van der Waals surface area (Å²) in [6.45, 7) is 3.32. The molecule has 0 aromatic heterocycles. The van der Waals surface area contributed by atoms with Gasteiger partial charge in [-0.2, -0.15) is 0 Å². The van der Waals surface area contributed by atoms with Crippen LogP contribution in [0, 0.1) is 11.8 Å². The summed E-state index contributed by atoms with van der Waals surface area (Å²) in [6.07, 6.45) is 0.422. The Kier molecular flexibility index (Phi) is 3.93. The summed E-state index contributed by atoms with van der Waals surface area (Å²) in [7, 11) is 0. The molecule has 1 aromatic rings. The van der Waals surface area contributed by atoms with Crippen molar-refractivity contribution >= 4 is 5.78 Å². The Labute approximate surface area is 89.9 Å². The van der Waals surface area contributed by atoms with Gasteiger partial charge in [-0.05, 0) is 31.5 Å². The van der Waals surface area contributed by atoms with E-state index in [1.165, 1.54) is 0 Å². The topological polar surface area (TPSA) is 37.3 Å². The van der Waals surface area contributed by atoms with E-state index >= 15 is 0 Å². The predicted molar refractivity (Wildman–Crippen MR) is 59.6 cm³/mol. The molecule has 1 N–H and O–H groups in total. The van der Waals surface area contributed by atoms with Gasteiger partial charge in [0.15, 0.2) is 0 Å². The molecule has 78 valence electrons. The summed E-state index contributed by atoms with van der Waals surface area (Å²) in [6, 6.07) is 6.82. The monoisotopic (exact) mass is 202 g/mol. The third kappa shape index (κ3) is 3.47. The summed E-state index contributed by atoms with van der Waals surface area (Å²) >= 11 is 0. The Morgan fingerprint density at radius 3 is 2.47 bits per heavy atom. The fourth-order valence-electron chi connectivity index (χ4n) is 1.42. The van der Waals surface area contributed by atoms with Gasteiger partial charge in [-0.25, -0.2) is 0 Å². The van der Waals surface area contributed by atoms with E-state index in [-0.39, 0.29) is 17.5 Å². The first-order valence-corrected chi connectivity index (χ1v) is 4.84. The Hall–Kier alpha value is -1.75. The normalized spacial score (nSPS) is 11.3. The van der Waals surface area contributed by atoms with E-state index in [9.17, 15) is 4.79 Å². The lowest BCUT2D eigenvalue weighted by molar-refractivity contribution is -0.117. The van der Waals surface area contributed by atoms with Gasteiger partial charge in [-0.3, -0.25) is 4.79 Å². The summed E-state index contributed by atoms with van der Waals surface area (Å²) < 4.78 is 0. The maximum absolute atomic E-state index is 11.1. The number of aromatic hydroxyl groups is 1. The van der Waals surface area contributed by atoms with Crippen LogP contribution >= 0.6 is 0 Å². The molecular formula is C13H14O2. The third-order valence-electron chi connectivity index (χ3n) is 2.11. The summed E-state index contributed by atoms with van der Waals surface area (Å²) in [5.74, 6) is 6.10. The fourth-order valence-corrected chi connectivity index (χ4v) is 1.42. The van der Waals surface area contributed by atoms with Crippen LogP contribution in [-0.2, 0) is 4.79 Å². The molecule has 15 heavy (non-hydrogen) atoms. The van der Waals surface area contributed by atoms with E-state index in [2.05, 4.69) is 11.8 Å². The molecule has 2 nitrogen and oxygen atoms in total. The van der Waals surface area contributed by atoms with Crippen molar-refractivity contribution in [3.63, 3.8) is 0 Å². The zero-order chi connectivity index (χ0) is 11.3.